The maximum absolute atomic E-state index is 12.0. The first-order valence-electron chi connectivity index (χ1n) is 9.33. The van der Waals surface area contributed by atoms with E-state index < -0.39 is 0 Å². The van der Waals surface area contributed by atoms with Gasteiger partial charge in [-0.15, -0.1) is 0 Å². The van der Waals surface area contributed by atoms with Crippen molar-refractivity contribution in [2.45, 2.75) is 27.7 Å². The molecule has 0 aliphatic carbocycles. The van der Waals surface area contributed by atoms with E-state index in [0.29, 0.717) is 10.8 Å². The highest BCUT2D eigenvalue weighted by molar-refractivity contribution is 6.32. The molecule has 1 N–H and O–H groups in total. The molecule has 0 atom stereocenters. The Morgan fingerprint density at radius 2 is 1.79 bits per heavy atom. The summed E-state index contributed by atoms with van der Waals surface area (Å²) < 4.78 is 7.63. The van der Waals surface area contributed by atoms with E-state index in [2.05, 4.69) is 60.1 Å². The van der Waals surface area contributed by atoms with Crippen LogP contribution >= 0.6 is 11.6 Å². The van der Waals surface area contributed by atoms with Crippen LogP contribution in [0.25, 0.3) is 5.69 Å². The van der Waals surface area contributed by atoms with Crippen LogP contribution in [-0.2, 0) is 4.79 Å². The molecular weight excluding hydrogens is 386 g/mol. The predicted molar refractivity (Wildman–Crippen MR) is 117 cm³/mol. The Hall–Kier alpha value is -3.05. The van der Waals surface area contributed by atoms with Gasteiger partial charge in [-0.1, -0.05) is 41.9 Å². The van der Waals surface area contributed by atoms with Gasteiger partial charge in [-0.3, -0.25) is 4.79 Å². The predicted octanol–water partition coefficient (Wildman–Crippen LogP) is 4.89. The molecule has 150 valence electrons. The van der Waals surface area contributed by atoms with Gasteiger partial charge in [-0.2, -0.15) is 5.10 Å². The van der Waals surface area contributed by atoms with E-state index in [9.17, 15) is 4.79 Å². The average Bonchev–Trinajstić information content (AvgIpc) is 2.95. The Morgan fingerprint density at radius 3 is 2.48 bits per heavy atom. The van der Waals surface area contributed by atoms with Crippen molar-refractivity contribution in [2.75, 3.05) is 6.61 Å². The first-order valence-corrected chi connectivity index (χ1v) is 9.71. The first kappa shape index (κ1) is 20.7. The number of carbonyl (C=O) groups excluding carboxylic acids is 1. The van der Waals surface area contributed by atoms with E-state index in [1.165, 1.54) is 16.8 Å². The molecule has 1 aromatic heterocycles. The van der Waals surface area contributed by atoms with Gasteiger partial charge in [0.2, 0.25) is 0 Å². The Balaban J connectivity index is 1.69. The van der Waals surface area contributed by atoms with Crippen molar-refractivity contribution in [3.63, 3.8) is 0 Å². The van der Waals surface area contributed by atoms with Crippen molar-refractivity contribution in [3.05, 3.63) is 81.6 Å². The maximum atomic E-state index is 12.0. The zero-order chi connectivity index (χ0) is 21.0. The molecule has 29 heavy (non-hydrogen) atoms. The number of aryl methyl sites for hydroxylation is 3. The standard InChI is InChI=1S/C23H24ClN3O2/c1-15-8-7-9-16(2)23(15)27-17(3)12-19(18(27)4)13-25-26-22(28)14-29-21-11-6-5-10-20(21)24/h5-13H,14H2,1-4H3,(H,26,28)/b25-13-. The third-order valence-corrected chi connectivity index (χ3v) is 5.03. The molecule has 0 spiro atoms. The Labute approximate surface area is 176 Å². The number of ether oxygens (including phenoxy) is 1. The molecule has 0 saturated heterocycles. The second kappa shape index (κ2) is 8.97. The molecule has 0 aliphatic heterocycles. The van der Waals surface area contributed by atoms with Crippen molar-refractivity contribution < 1.29 is 9.53 Å². The number of halogens is 1. The van der Waals surface area contributed by atoms with Crippen LogP contribution in [-0.4, -0.2) is 23.3 Å². The van der Waals surface area contributed by atoms with Gasteiger partial charge >= 0.3 is 0 Å². The topological polar surface area (TPSA) is 55.6 Å². The van der Waals surface area contributed by atoms with Crippen LogP contribution in [0.2, 0.25) is 5.02 Å². The van der Waals surface area contributed by atoms with Crippen LogP contribution in [0.3, 0.4) is 0 Å². The van der Waals surface area contributed by atoms with Crippen molar-refractivity contribution in [2.24, 2.45) is 5.10 Å². The highest BCUT2D eigenvalue weighted by atomic mass is 35.5. The van der Waals surface area contributed by atoms with Crippen LogP contribution in [0.4, 0.5) is 0 Å². The lowest BCUT2D eigenvalue weighted by Crippen LogP contribution is -2.24. The number of nitrogens with one attached hydrogen (secondary N) is 1. The quantitative estimate of drug-likeness (QED) is 0.465. The van der Waals surface area contributed by atoms with Gasteiger partial charge in [-0.25, -0.2) is 5.43 Å². The summed E-state index contributed by atoms with van der Waals surface area (Å²) in [5, 5.41) is 4.54. The monoisotopic (exact) mass is 409 g/mol. The Kier molecular flexibility index (Phi) is 6.39. The van der Waals surface area contributed by atoms with Gasteiger partial charge in [0.1, 0.15) is 5.75 Å². The van der Waals surface area contributed by atoms with Crippen molar-refractivity contribution in [1.82, 2.24) is 9.99 Å². The van der Waals surface area contributed by atoms with Gasteiger partial charge in [0.15, 0.2) is 6.61 Å². The molecule has 0 bridgehead atoms. The number of amides is 1. The smallest absolute Gasteiger partial charge is 0.277 e. The summed E-state index contributed by atoms with van der Waals surface area (Å²) in [5.41, 5.74) is 9.20. The number of nitrogens with zero attached hydrogens (tertiary/aromatic N) is 2. The molecule has 0 saturated carbocycles. The lowest BCUT2D eigenvalue weighted by molar-refractivity contribution is -0.123. The molecule has 5 nitrogen and oxygen atoms in total. The molecule has 3 rings (SSSR count). The fourth-order valence-corrected chi connectivity index (χ4v) is 3.52. The Morgan fingerprint density at radius 1 is 1.10 bits per heavy atom. The summed E-state index contributed by atoms with van der Waals surface area (Å²) in [7, 11) is 0. The van der Waals surface area contributed by atoms with Crippen LogP contribution < -0.4 is 10.2 Å². The molecular formula is C23H24ClN3O2. The van der Waals surface area contributed by atoms with E-state index in [0.717, 1.165) is 17.0 Å². The summed E-state index contributed by atoms with van der Waals surface area (Å²) in [6.45, 7) is 8.15. The summed E-state index contributed by atoms with van der Waals surface area (Å²) in [4.78, 5) is 12.0. The zero-order valence-electron chi connectivity index (χ0n) is 17.0. The zero-order valence-corrected chi connectivity index (χ0v) is 17.7. The molecule has 0 radical (unpaired) electrons. The molecule has 1 amide bonds. The van der Waals surface area contributed by atoms with Gasteiger partial charge in [0.25, 0.3) is 5.91 Å². The minimum absolute atomic E-state index is 0.164. The highest BCUT2D eigenvalue weighted by Crippen LogP contribution is 2.25. The number of aromatic nitrogens is 1. The molecule has 0 aliphatic rings. The minimum Gasteiger partial charge on any atom is -0.482 e. The summed E-state index contributed by atoms with van der Waals surface area (Å²) >= 11 is 6.01. The lowest BCUT2D eigenvalue weighted by Gasteiger charge is -2.15. The number of hydrogen-bond acceptors (Lipinski definition) is 3. The third kappa shape index (κ3) is 4.69. The molecule has 1 heterocycles. The average molecular weight is 410 g/mol. The second-order valence-corrected chi connectivity index (χ2v) is 7.32. The number of benzene rings is 2. The number of hydrazone groups is 1. The summed E-state index contributed by atoms with van der Waals surface area (Å²) in [5.74, 6) is 0.107. The van der Waals surface area contributed by atoms with Crippen LogP contribution in [0, 0.1) is 27.7 Å². The van der Waals surface area contributed by atoms with Gasteiger partial charge in [0, 0.05) is 17.0 Å². The SMILES string of the molecule is Cc1cccc(C)c1-n1c(C)cc(/C=N\NC(=O)COc2ccccc2Cl)c1C. The fourth-order valence-electron chi connectivity index (χ4n) is 3.33. The van der Waals surface area contributed by atoms with E-state index in [-0.39, 0.29) is 12.5 Å². The largest absolute Gasteiger partial charge is 0.482 e. The molecule has 0 fully saturated rings. The molecule has 3 aromatic rings. The maximum Gasteiger partial charge on any atom is 0.277 e. The van der Waals surface area contributed by atoms with E-state index in [4.69, 9.17) is 16.3 Å². The summed E-state index contributed by atoms with van der Waals surface area (Å²) in [6.07, 6.45) is 1.65. The van der Waals surface area contributed by atoms with Gasteiger partial charge in [-0.05, 0) is 57.0 Å². The molecule has 2 aromatic carbocycles. The second-order valence-electron chi connectivity index (χ2n) is 6.91. The van der Waals surface area contributed by atoms with Crippen molar-refractivity contribution >= 4 is 23.7 Å². The minimum atomic E-state index is -0.357. The van der Waals surface area contributed by atoms with Crippen molar-refractivity contribution in [1.29, 1.82) is 0 Å². The normalized spacial score (nSPS) is 11.1. The molecule has 0 unspecified atom stereocenters. The fraction of sp³-hybridized carbons (Fsp3) is 0.217. The van der Waals surface area contributed by atoms with Gasteiger partial charge in [0.05, 0.1) is 16.9 Å². The lowest BCUT2D eigenvalue weighted by atomic mass is 10.1. The van der Waals surface area contributed by atoms with Crippen LogP contribution in [0.1, 0.15) is 28.1 Å². The first-order chi connectivity index (χ1) is 13.9. The number of carbonyl (C=O) groups is 1. The van der Waals surface area contributed by atoms with Crippen molar-refractivity contribution in [3.8, 4) is 11.4 Å². The number of rotatable bonds is 6. The molecule has 6 heteroatoms. The number of para-hydroxylation sites is 2. The third-order valence-electron chi connectivity index (χ3n) is 4.72. The van der Waals surface area contributed by atoms with Crippen LogP contribution in [0.15, 0.2) is 53.6 Å². The van der Waals surface area contributed by atoms with E-state index in [1.807, 2.05) is 6.92 Å². The van der Waals surface area contributed by atoms with E-state index in [1.54, 1.807) is 30.5 Å². The Bertz CT molecular complexity index is 1050. The van der Waals surface area contributed by atoms with E-state index >= 15 is 0 Å². The summed E-state index contributed by atoms with van der Waals surface area (Å²) in [6, 6.07) is 15.3. The number of hydrogen-bond donors (Lipinski definition) is 1. The van der Waals surface area contributed by atoms with Crippen LogP contribution in [0.5, 0.6) is 5.75 Å². The highest BCUT2D eigenvalue weighted by Gasteiger charge is 2.13. The van der Waals surface area contributed by atoms with Gasteiger partial charge < -0.3 is 9.30 Å².